The van der Waals surface area contributed by atoms with Gasteiger partial charge in [0.1, 0.15) is 0 Å². The van der Waals surface area contributed by atoms with Crippen LogP contribution in [0.3, 0.4) is 0 Å². The topological polar surface area (TPSA) is 20.2 Å². The lowest BCUT2D eigenvalue weighted by atomic mass is 9.80. The number of hydrogen-bond donors (Lipinski definition) is 1. The summed E-state index contributed by atoms with van der Waals surface area (Å²) in [7, 11) is 2.45. The SMILES string of the molecule is C[N+]1([C@@H]2CC[C@H]3CC[C@@H]2[C@@H]3O)CCCCC1. The van der Waals surface area contributed by atoms with Crippen LogP contribution in [0.4, 0.5) is 0 Å². The predicted octanol–water partition coefficient (Wildman–Crippen LogP) is 2.17. The molecule has 1 saturated heterocycles. The fourth-order valence-corrected chi connectivity index (χ4v) is 4.77. The number of quaternary nitrogens is 1. The standard InChI is InChI=1S/C14H26NO/c1-15(9-3-2-4-10-15)13-8-6-11-5-7-12(13)14(11)16/h11-14,16H,2-10H2,1H3/q+1/t11-,12+,13-,14-/m1/s1. The molecule has 2 aliphatic carbocycles. The maximum Gasteiger partial charge on any atom is 0.0941 e. The number of aliphatic hydroxyl groups excluding tert-OH is 1. The molecule has 1 N–H and O–H groups in total. The number of aliphatic hydroxyl groups is 1. The molecule has 2 nitrogen and oxygen atoms in total. The first-order valence-electron chi connectivity index (χ1n) is 7.23. The summed E-state index contributed by atoms with van der Waals surface area (Å²) in [4.78, 5) is 0. The molecule has 3 fully saturated rings. The van der Waals surface area contributed by atoms with E-state index >= 15 is 0 Å². The molecular weight excluding hydrogens is 198 g/mol. The fourth-order valence-electron chi connectivity index (χ4n) is 4.77. The molecule has 3 rings (SSSR count). The first-order chi connectivity index (χ1) is 7.71. The average molecular weight is 224 g/mol. The van der Waals surface area contributed by atoms with E-state index in [4.69, 9.17) is 0 Å². The maximum atomic E-state index is 10.3. The minimum Gasteiger partial charge on any atom is -0.392 e. The van der Waals surface area contributed by atoms with Gasteiger partial charge in [0.15, 0.2) is 0 Å². The van der Waals surface area contributed by atoms with Gasteiger partial charge in [-0.25, -0.2) is 0 Å². The number of hydrogen-bond acceptors (Lipinski definition) is 1. The van der Waals surface area contributed by atoms with Crippen LogP contribution in [0, 0.1) is 11.8 Å². The Bertz CT molecular complexity index is 259. The van der Waals surface area contributed by atoms with E-state index in [0.717, 1.165) is 6.04 Å². The first-order valence-corrected chi connectivity index (χ1v) is 7.23. The molecule has 3 aliphatic rings. The second-order valence-corrected chi connectivity index (χ2v) is 6.62. The zero-order valence-electron chi connectivity index (χ0n) is 10.6. The summed E-state index contributed by atoms with van der Waals surface area (Å²) < 4.78 is 1.27. The van der Waals surface area contributed by atoms with Crippen LogP contribution in [-0.4, -0.2) is 41.9 Å². The molecule has 1 heterocycles. The average Bonchev–Trinajstić information content (AvgIpc) is 2.53. The van der Waals surface area contributed by atoms with Gasteiger partial charge in [-0.3, -0.25) is 0 Å². The van der Waals surface area contributed by atoms with E-state index in [-0.39, 0.29) is 6.10 Å². The van der Waals surface area contributed by atoms with E-state index < -0.39 is 0 Å². The van der Waals surface area contributed by atoms with Crippen LogP contribution >= 0.6 is 0 Å². The monoisotopic (exact) mass is 224 g/mol. The molecule has 2 heteroatoms. The van der Waals surface area contributed by atoms with Crippen molar-refractivity contribution in [1.82, 2.24) is 0 Å². The molecule has 16 heavy (non-hydrogen) atoms. The number of fused-ring (bicyclic) bond motifs is 2. The summed E-state index contributed by atoms with van der Waals surface area (Å²) in [5.41, 5.74) is 0. The van der Waals surface area contributed by atoms with Gasteiger partial charge in [0.05, 0.1) is 32.3 Å². The zero-order chi connectivity index (χ0) is 11.2. The Kier molecular flexibility index (Phi) is 2.75. The van der Waals surface area contributed by atoms with E-state index in [9.17, 15) is 5.11 Å². The molecule has 0 amide bonds. The molecular formula is C14H26NO+. The molecule has 1 aliphatic heterocycles. The van der Waals surface area contributed by atoms with Gasteiger partial charge in [0.2, 0.25) is 0 Å². The van der Waals surface area contributed by atoms with E-state index in [1.54, 1.807) is 0 Å². The smallest absolute Gasteiger partial charge is 0.0941 e. The highest BCUT2D eigenvalue weighted by atomic mass is 16.3. The van der Waals surface area contributed by atoms with Gasteiger partial charge >= 0.3 is 0 Å². The van der Waals surface area contributed by atoms with Crippen LogP contribution in [0.2, 0.25) is 0 Å². The summed E-state index contributed by atoms with van der Waals surface area (Å²) in [6, 6.07) is 0.772. The lowest BCUT2D eigenvalue weighted by molar-refractivity contribution is -0.942. The van der Waals surface area contributed by atoms with Crippen LogP contribution in [0.1, 0.15) is 44.9 Å². The summed E-state index contributed by atoms with van der Waals surface area (Å²) >= 11 is 0. The van der Waals surface area contributed by atoms with Crippen LogP contribution in [-0.2, 0) is 0 Å². The Balaban J connectivity index is 1.78. The van der Waals surface area contributed by atoms with Crippen molar-refractivity contribution in [1.29, 1.82) is 0 Å². The van der Waals surface area contributed by atoms with E-state index in [0.29, 0.717) is 11.8 Å². The quantitative estimate of drug-likeness (QED) is 0.677. The van der Waals surface area contributed by atoms with E-state index in [1.165, 1.54) is 62.5 Å². The van der Waals surface area contributed by atoms with Crippen LogP contribution in [0.5, 0.6) is 0 Å². The van der Waals surface area contributed by atoms with Crippen molar-refractivity contribution in [2.24, 2.45) is 11.8 Å². The minimum atomic E-state index is 0.0376. The van der Waals surface area contributed by atoms with Crippen molar-refractivity contribution in [2.75, 3.05) is 20.1 Å². The van der Waals surface area contributed by atoms with Crippen molar-refractivity contribution >= 4 is 0 Å². The third-order valence-electron chi connectivity index (χ3n) is 5.76. The van der Waals surface area contributed by atoms with Gasteiger partial charge in [0.25, 0.3) is 0 Å². The van der Waals surface area contributed by atoms with Gasteiger partial charge in [-0.2, -0.15) is 0 Å². The molecule has 2 bridgehead atoms. The number of piperidine rings is 1. The molecule has 92 valence electrons. The Hall–Kier alpha value is -0.0800. The van der Waals surface area contributed by atoms with Crippen molar-refractivity contribution < 1.29 is 9.59 Å². The molecule has 4 atom stereocenters. The number of likely N-dealkylation sites (tertiary alicyclic amines) is 1. The van der Waals surface area contributed by atoms with Gasteiger partial charge in [-0.05, 0) is 44.4 Å². The minimum absolute atomic E-state index is 0.0376. The summed E-state index contributed by atoms with van der Waals surface area (Å²) in [6.45, 7) is 2.72. The molecule has 0 spiro atoms. The molecule has 0 radical (unpaired) electrons. The summed E-state index contributed by atoms with van der Waals surface area (Å²) in [5.74, 6) is 1.28. The molecule has 0 aromatic carbocycles. The van der Waals surface area contributed by atoms with Gasteiger partial charge in [-0.15, -0.1) is 0 Å². The summed E-state index contributed by atoms with van der Waals surface area (Å²) in [6.07, 6.45) is 9.52. The zero-order valence-corrected chi connectivity index (χ0v) is 10.6. The largest absolute Gasteiger partial charge is 0.392 e. The Morgan fingerprint density at radius 1 is 0.938 bits per heavy atom. The molecule has 0 aromatic heterocycles. The van der Waals surface area contributed by atoms with Crippen LogP contribution in [0.15, 0.2) is 0 Å². The highest BCUT2D eigenvalue weighted by molar-refractivity contribution is 4.94. The third kappa shape index (κ3) is 1.62. The second-order valence-electron chi connectivity index (χ2n) is 6.62. The van der Waals surface area contributed by atoms with E-state index in [2.05, 4.69) is 7.05 Å². The second kappa shape index (κ2) is 3.99. The normalized spacial score (nSPS) is 46.9. The van der Waals surface area contributed by atoms with Crippen LogP contribution < -0.4 is 0 Å². The lowest BCUT2D eigenvalue weighted by Crippen LogP contribution is -2.60. The van der Waals surface area contributed by atoms with Crippen molar-refractivity contribution in [3.05, 3.63) is 0 Å². The Morgan fingerprint density at radius 2 is 1.62 bits per heavy atom. The Morgan fingerprint density at radius 3 is 2.38 bits per heavy atom. The number of rotatable bonds is 1. The molecule has 0 aromatic rings. The fraction of sp³-hybridized carbons (Fsp3) is 1.00. The van der Waals surface area contributed by atoms with Gasteiger partial charge < -0.3 is 9.59 Å². The number of nitrogens with zero attached hydrogens (tertiary/aromatic N) is 1. The maximum absolute atomic E-state index is 10.3. The van der Waals surface area contributed by atoms with Crippen LogP contribution in [0.25, 0.3) is 0 Å². The van der Waals surface area contributed by atoms with Crippen molar-refractivity contribution in [2.45, 2.75) is 57.1 Å². The highest BCUT2D eigenvalue weighted by Crippen LogP contribution is 2.46. The van der Waals surface area contributed by atoms with Gasteiger partial charge in [0, 0.05) is 12.3 Å². The third-order valence-corrected chi connectivity index (χ3v) is 5.76. The summed E-state index contributed by atoms with van der Waals surface area (Å²) in [5, 5.41) is 10.3. The van der Waals surface area contributed by atoms with E-state index in [1.807, 2.05) is 0 Å². The Labute approximate surface area is 99.2 Å². The van der Waals surface area contributed by atoms with Crippen molar-refractivity contribution in [3.8, 4) is 0 Å². The van der Waals surface area contributed by atoms with Gasteiger partial charge in [-0.1, -0.05) is 0 Å². The first kappa shape index (κ1) is 11.0. The predicted molar refractivity (Wildman–Crippen MR) is 65.0 cm³/mol. The molecule has 2 saturated carbocycles. The molecule has 0 unspecified atom stereocenters. The lowest BCUT2D eigenvalue weighted by Gasteiger charge is -2.49. The van der Waals surface area contributed by atoms with Crippen molar-refractivity contribution in [3.63, 3.8) is 0 Å². The highest BCUT2D eigenvalue weighted by Gasteiger charge is 2.50.